The zero-order chi connectivity index (χ0) is 11.9. The van der Waals surface area contributed by atoms with Crippen LogP contribution in [0.15, 0.2) is 64.4 Å². The second-order valence-corrected chi connectivity index (χ2v) is 7.91. The van der Waals surface area contributed by atoms with Crippen LogP contribution >= 0.6 is 34.9 Å². The zero-order valence-corrected chi connectivity index (χ0v) is 11.9. The second-order valence-electron chi connectivity index (χ2n) is 4.20. The van der Waals surface area contributed by atoms with Gasteiger partial charge in [0.2, 0.25) is 0 Å². The van der Waals surface area contributed by atoms with E-state index in [9.17, 15) is 0 Å². The fraction of sp³-hybridized carbons (Fsp3) is 0.0667. The standard InChI is InChI=1S/C15H10S3/c1-2-6-11-10(5-1)9-14(16-11)15-17-12-7-3-4-8-13(12)18-15/h1-9,15H. The van der Waals surface area contributed by atoms with Gasteiger partial charge in [0, 0.05) is 19.4 Å². The first-order valence-corrected chi connectivity index (χ1v) is 8.38. The maximum atomic E-state index is 2.34. The number of rotatable bonds is 1. The van der Waals surface area contributed by atoms with Crippen molar-refractivity contribution < 1.29 is 0 Å². The highest BCUT2D eigenvalue weighted by Gasteiger charge is 2.25. The summed E-state index contributed by atoms with van der Waals surface area (Å²) in [7, 11) is 0. The van der Waals surface area contributed by atoms with Crippen LogP contribution in [-0.2, 0) is 0 Å². The fourth-order valence-electron chi connectivity index (χ4n) is 2.13. The summed E-state index contributed by atoms with van der Waals surface area (Å²) in [5, 5.41) is 1.37. The molecule has 88 valence electrons. The van der Waals surface area contributed by atoms with Crippen molar-refractivity contribution >= 4 is 44.9 Å². The van der Waals surface area contributed by atoms with Gasteiger partial charge in [-0.25, -0.2) is 0 Å². The van der Waals surface area contributed by atoms with E-state index in [1.54, 1.807) is 0 Å². The van der Waals surface area contributed by atoms with Crippen LogP contribution < -0.4 is 0 Å². The summed E-state index contributed by atoms with van der Waals surface area (Å²) in [5.41, 5.74) is 0. The number of hydrogen-bond donors (Lipinski definition) is 0. The second kappa shape index (κ2) is 4.34. The lowest BCUT2D eigenvalue weighted by Crippen LogP contribution is -1.75. The molecule has 0 radical (unpaired) electrons. The van der Waals surface area contributed by atoms with Crippen LogP contribution in [0.4, 0.5) is 0 Å². The van der Waals surface area contributed by atoms with Crippen LogP contribution in [0.5, 0.6) is 0 Å². The molecule has 0 N–H and O–H groups in total. The van der Waals surface area contributed by atoms with E-state index in [0.29, 0.717) is 4.58 Å². The Kier molecular flexibility index (Phi) is 2.64. The van der Waals surface area contributed by atoms with Crippen LogP contribution in [0.2, 0.25) is 0 Å². The van der Waals surface area contributed by atoms with E-state index < -0.39 is 0 Å². The Bertz CT molecular complexity index is 656. The lowest BCUT2D eigenvalue weighted by molar-refractivity contribution is 1.27. The zero-order valence-electron chi connectivity index (χ0n) is 9.50. The van der Waals surface area contributed by atoms with E-state index in [1.165, 1.54) is 24.8 Å². The minimum atomic E-state index is 0.528. The Morgan fingerprint density at radius 2 is 1.44 bits per heavy atom. The van der Waals surface area contributed by atoms with E-state index in [-0.39, 0.29) is 0 Å². The lowest BCUT2D eigenvalue weighted by atomic mass is 10.2. The maximum Gasteiger partial charge on any atom is 0.0938 e. The highest BCUT2D eigenvalue weighted by atomic mass is 32.2. The first kappa shape index (κ1) is 11.0. The van der Waals surface area contributed by atoms with E-state index in [4.69, 9.17) is 0 Å². The normalized spacial score (nSPS) is 15.1. The van der Waals surface area contributed by atoms with Gasteiger partial charge in [-0.1, -0.05) is 30.3 Å². The van der Waals surface area contributed by atoms with E-state index in [0.717, 1.165) is 0 Å². The van der Waals surface area contributed by atoms with Crippen molar-refractivity contribution in [3.8, 4) is 0 Å². The SMILES string of the molecule is c1ccc2c(c1)SC(c1cc3ccccc3s1)S2. The fourth-order valence-corrected chi connectivity index (χ4v) is 6.25. The monoisotopic (exact) mass is 286 g/mol. The number of hydrogen-bond acceptors (Lipinski definition) is 3. The van der Waals surface area contributed by atoms with Crippen LogP contribution in [-0.4, -0.2) is 0 Å². The molecule has 0 aliphatic carbocycles. The Balaban J connectivity index is 1.73. The van der Waals surface area contributed by atoms with Gasteiger partial charge >= 0.3 is 0 Å². The number of thioether (sulfide) groups is 2. The molecule has 2 heterocycles. The van der Waals surface area contributed by atoms with Crippen molar-refractivity contribution in [3.63, 3.8) is 0 Å². The largest absolute Gasteiger partial charge is 0.138 e. The molecule has 0 amide bonds. The third-order valence-electron chi connectivity index (χ3n) is 2.99. The molecule has 2 aromatic carbocycles. The molecule has 1 aliphatic rings. The van der Waals surface area contributed by atoms with Crippen molar-refractivity contribution in [3.05, 3.63) is 59.5 Å². The summed E-state index contributed by atoms with van der Waals surface area (Å²) < 4.78 is 1.92. The molecule has 1 aromatic heterocycles. The van der Waals surface area contributed by atoms with Crippen molar-refractivity contribution in [2.24, 2.45) is 0 Å². The molecule has 0 spiro atoms. The van der Waals surface area contributed by atoms with Crippen molar-refractivity contribution in [2.75, 3.05) is 0 Å². The van der Waals surface area contributed by atoms with Crippen molar-refractivity contribution in [1.82, 2.24) is 0 Å². The first-order chi connectivity index (χ1) is 8.90. The Labute approximate surface area is 118 Å². The van der Waals surface area contributed by atoms with Gasteiger partial charge in [-0.3, -0.25) is 0 Å². The predicted molar refractivity (Wildman–Crippen MR) is 82.7 cm³/mol. The Hall–Kier alpha value is -0.900. The minimum absolute atomic E-state index is 0.528. The molecule has 0 atom stereocenters. The van der Waals surface area contributed by atoms with E-state index >= 15 is 0 Å². The van der Waals surface area contributed by atoms with Gasteiger partial charge in [0.1, 0.15) is 0 Å². The lowest BCUT2D eigenvalue weighted by Gasteiger charge is -2.02. The van der Waals surface area contributed by atoms with E-state index in [2.05, 4.69) is 54.6 Å². The maximum absolute atomic E-state index is 2.34. The summed E-state index contributed by atoms with van der Waals surface area (Å²) in [5.74, 6) is 0. The molecular formula is C15H10S3. The molecule has 18 heavy (non-hydrogen) atoms. The molecule has 0 saturated heterocycles. The molecule has 0 nitrogen and oxygen atoms in total. The summed E-state index contributed by atoms with van der Waals surface area (Å²) in [4.78, 5) is 4.32. The molecule has 0 fully saturated rings. The van der Waals surface area contributed by atoms with Gasteiger partial charge < -0.3 is 0 Å². The Morgan fingerprint density at radius 1 is 0.778 bits per heavy atom. The van der Waals surface area contributed by atoms with E-state index in [1.807, 2.05) is 34.9 Å². The highest BCUT2D eigenvalue weighted by Crippen LogP contribution is 2.58. The average Bonchev–Trinajstić information content (AvgIpc) is 3.02. The molecule has 1 aliphatic heterocycles. The topological polar surface area (TPSA) is 0 Å². The van der Waals surface area contributed by atoms with Gasteiger partial charge in [0.15, 0.2) is 0 Å². The quantitative estimate of drug-likeness (QED) is 0.554. The van der Waals surface area contributed by atoms with Gasteiger partial charge in [-0.2, -0.15) is 0 Å². The number of fused-ring (bicyclic) bond motifs is 2. The number of benzene rings is 2. The Morgan fingerprint density at radius 3 is 2.17 bits per heavy atom. The summed E-state index contributed by atoms with van der Waals surface area (Å²) in [6, 6.07) is 19.7. The minimum Gasteiger partial charge on any atom is -0.138 e. The summed E-state index contributed by atoms with van der Waals surface area (Å²) in [6.07, 6.45) is 0. The molecule has 3 aromatic rings. The van der Waals surface area contributed by atoms with Crippen molar-refractivity contribution in [2.45, 2.75) is 14.4 Å². The van der Waals surface area contributed by atoms with Crippen LogP contribution in [0.1, 0.15) is 9.46 Å². The average molecular weight is 286 g/mol. The molecule has 4 rings (SSSR count). The van der Waals surface area contributed by atoms with Gasteiger partial charge in [-0.05, 0) is 29.7 Å². The molecule has 0 bridgehead atoms. The van der Waals surface area contributed by atoms with Gasteiger partial charge in [0.25, 0.3) is 0 Å². The number of thiophene rings is 1. The third-order valence-corrected chi connectivity index (χ3v) is 7.34. The summed E-state index contributed by atoms with van der Waals surface area (Å²) in [6.45, 7) is 0. The van der Waals surface area contributed by atoms with Crippen LogP contribution in [0, 0.1) is 0 Å². The molecular weight excluding hydrogens is 276 g/mol. The van der Waals surface area contributed by atoms with Crippen molar-refractivity contribution in [1.29, 1.82) is 0 Å². The summed E-state index contributed by atoms with van der Waals surface area (Å²) >= 11 is 5.88. The molecule has 0 saturated carbocycles. The third kappa shape index (κ3) is 1.78. The van der Waals surface area contributed by atoms with Gasteiger partial charge in [-0.15, -0.1) is 34.9 Å². The first-order valence-electron chi connectivity index (χ1n) is 5.81. The highest BCUT2D eigenvalue weighted by molar-refractivity contribution is 8.19. The van der Waals surface area contributed by atoms with Crippen LogP contribution in [0.25, 0.3) is 10.1 Å². The van der Waals surface area contributed by atoms with Crippen LogP contribution in [0.3, 0.4) is 0 Å². The molecule has 3 heteroatoms. The smallest absolute Gasteiger partial charge is 0.0938 e. The molecule has 0 unspecified atom stereocenters. The van der Waals surface area contributed by atoms with Gasteiger partial charge in [0.05, 0.1) is 4.58 Å². The predicted octanol–water partition coefficient (Wildman–Crippen LogP) is 5.80.